The third-order valence-corrected chi connectivity index (χ3v) is 4.71. The SMILES string of the molecule is CNC(=O)c1ccc(CN2C[C@H](C)[C@@](O)(C(C)C)C2)cc1. The van der Waals surface area contributed by atoms with Crippen LogP contribution in [0.1, 0.15) is 36.7 Å². The van der Waals surface area contributed by atoms with Crippen LogP contribution in [0, 0.1) is 11.8 Å². The Hall–Kier alpha value is -1.39. The third-order valence-electron chi connectivity index (χ3n) is 4.71. The largest absolute Gasteiger partial charge is 0.388 e. The number of amides is 1. The van der Waals surface area contributed by atoms with Gasteiger partial charge in [0.05, 0.1) is 5.60 Å². The van der Waals surface area contributed by atoms with Crippen LogP contribution in [0.4, 0.5) is 0 Å². The quantitative estimate of drug-likeness (QED) is 0.890. The number of carbonyl (C=O) groups is 1. The molecule has 4 nitrogen and oxygen atoms in total. The molecule has 21 heavy (non-hydrogen) atoms. The molecule has 2 rings (SSSR count). The molecule has 0 aromatic heterocycles. The Morgan fingerprint density at radius 3 is 2.52 bits per heavy atom. The predicted molar refractivity (Wildman–Crippen MR) is 84.1 cm³/mol. The number of rotatable bonds is 4. The molecule has 1 amide bonds. The first-order valence-electron chi connectivity index (χ1n) is 7.62. The van der Waals surface area contributed by atoms with Crippen LogP contribution in [0.25, 0.3) is 0 Å². The molecular weight excluding hydrogens is 264 g/mol. The highest BCUT2D eigenvalue weighted by Crippen LogP contribution is 2.34. The molecule has 1 fully saturated rings. The average molecular weight is 290 g/mol. The van der Waals surface area contributed by atoms with E-state index in [2.05, 4.69) is 31.0 Å². The number of hydrogen-bond acceptors (Lipinski definition) is 3. The summed E-state index contributed by atoms with van der Waals surface area (Å²) in [6, 6.07) is 7.68. The van der Waals surface area contributed by atoms with Gasteiger partial charge in [0.1, 0.15) is 0 Å². The summed E-state index contributed by atoms with van der Waals surface area (Å²) in [6.45, 7) is 8.72. The van der Waals surface area contributed by atoms with Gasteiger partial charge in [-0.2, -0.15) is 0 Å². The molecule has 1 aliphatic rings. The van der Waals surface area contributed by atoms with Gasteiger partial charge in [0.25, 0.3) is 5.91 Å². The molecular formula is C17H26N2O2. The van der Waals surface area contributed by atoms with Crippen molar-refractivity contribution in [2.45, 2.75) is 32.9 Å². The van der Waals surface area contributed by atoms with Gasteiger partial charge in [-0.25, -0.2) is 0 Å². The van der Waals surface area contributed by atoms with Gasteiger partial charge in [0, 0.05) is 32.2 Å². The van der Waals surface area contributed by atoms with E-state index in [9.17, 15) is 9.90 Å². The molecule has 0 bridgehead atoms. The summed E-state index contributed by atoms with van der Waals surface area (Å²) in [5.74, 6) is 0.473. The van der Waals surface area contributed by atoms with E-state index < -0.39 is 5.60 Å². The van der Waals surface area contributed by atoms with Gasteiger partial charge in [-0.15, -0.1) is 0 Å². The van der Waals surface area contributed by atoms with Crippen molar-refractivity contribution >= 4 is 5.91 Å². The van der Waals surface area contributed by atoms with Crippen LogP contribution in [0.5, 0.6) is 0 Å². The van der Waals surface area contributed by atoms with E-state index in [0.29, 0.717) is 12.1 Å². The second-order valence-corrected chi connectivity index (χ2v) is 6.49. The first-order valence-corrected chi connectivity index (χ1v) is 7.62. The van der Waals surface area contributed by atoms with Crippen molar-refractivity contribution in [1.29, 1.82) is 0 Å². The van der Waals surface area contributed by atoms with E-state index in [0.717, 1.165) is 13.1 Å². The normalized spacial score (nSPS) is 26.3. The van der Waals surface area contributed by atoms with Gasteiger partial charge in [-0.1, -0.05) is 32.9 Å². The minimum Gasteiger partial charge on any atom is -0.388 e. The van der Waals surface area contributed by atoms with Gasteiger partial charge in [-0.3, -0.25) is 9.69 Å². The monoisotopic (exact) mass is 290 g/mol. The number of benzene rings is 1. The second-order valence-electron chi connectivity index (χ2n) is 6.49. The lowest BCUT2D eigenvalue weighted by Crippen LogP contribution is -2.42. The van der Waals surface area contributed by atoms with Gasteiger partial charge in [0.15, 0.2) is 0 Å². The lowest BCUT2D eigenvalue weighted by molar-refractivity contribution is -0.0255. The molecule has 1 heterocycles. The number of hydrogen-bond donors (Lipinski definition) is 2. The molecule has 0 saturated carbocycles. The van der Waals surface area contributed by atoms with Crippen LogP contribution in [0.2, 0.25) is 0 Å². The van der Waals surface area contributed by atoms with Crippen molar-refractivity contribution in [3.8, 4) is 0 Å². The van der Waals surface area contributed by atoms with Crippen LogP contribution >= 0.6 is 0 Å². The molecule has 4 heteroatoms. The molecule has 1 saturated heterocycles. The fourth-order valence-electron chi connectivity index (χ4n) is 3.16. The van der Waals surface area contributed by atoms with E-state index >= 15 is 0 Å². The Kier molecular flexibility index (Phi) is 4.69. The van der Waals surface area contributed by atoms with E-state index in [4.69, 9.17) is 0 Å². The highest BCUT2D eigenvalue weighted by atomic mass is 16.3. The first kappa shape index (κ1) is 16.0. The van der Waals surface area contributed by atoms with Gasteiger partial charge >= 0.3 is 0 Å². The fraction of sp³-hybridized carbons (Fsp3) is 0.588. The van der Waals surface area contributed by atoms with Crippen molar-refractivity contribution < 1.29 is 9.90 Å². The number of carbonyl (C=O) groups excluding carboxylic acids is 1. The molecule has 1 aliphatic heterocycles. The molecule has 2 atom stereocenters. The number of nitrogens with one attached hydrogen (secondary N) is 1. The zero-order valence-corrected chi connectivity index (χ0v) is 13.4. The van der Waals surface area contributed by atoms with Crippen LogP contribution < -0.4 is 5.32 Å². The maximum atomic E-state index is 11.5. The van der Waals surface area contributed by atoms with Crippen LogP contribution in [-0.4, -0.2) is 41.7 Å². The first-order chi connectivity index (χ1) is 9.86. The zero-order valence-electron chi connectivity index (χ0n) is 13.4. The molecule has 2 N–H and O–H groups in total. The second kappa shape index (κ2) is 6.16. The Balaban J connectivity index is 2.02. The summed E-state index contributed by atoms with van der Waals surface area (Å²) >= 11 is 0. The van der Waals surface area contributed by atoms with Crippen LogP contribution in [0.3, 0.4) is 0 Å². The van der Waals surface area contributed by atoms with E-state index in [1.807, 2.05) is 24.3 Å². The zero-order chi connectivity index (χ0) is 15.6. The topological polar surface area (TPSA) is 52.6 Å². The van der Waals surface area contributed by atoms with E-state index in [-0.39, 0.29) is 17.7 Å². The van der Waals surface area contributed by atoms with Crippen molar-refractivity contribution in [3.05, 3.63) is 35.4 Å². The minimum atomic E-state index is -0.595. The number of nitrogens with zero attached hydrogens (tertiary/aromatic N) is 1. The van der Waals surface area contributed by atoms with E-state index in [1.54, 1.807) is 7.05 Å². The summed E-state index contributed by atoms with van der Waals surface area (Å²) in [7, 11) is 1.63. The lowest BCUT2D eigenvalue weighted by atomic mass is 9.82. The molecule has 1 aromatic carbocycles. The standard InChI is InChI=1S/C17H26N2O2/c1-12(2)17(21)11-19(9-13(17)3)10-14-5-7-15(8-6-14)16(20)18-4/h5-8,12-13,21H,9-11H2,1-4H3,(H,18,20)/t13-,17-/m0/s1. The Morgan fingerprint density at radius 2 is 2.05 bits per heavy atom. The van der Waals surface area contributed by atoms with E-state index in [1.165, 1.54) is 5.56 Å². The molecule has 0 unspecified atom stereocenters. The summed E-state index contributed by atoms with van der Waals surface area (Å²) in [5.41, 5.74) is 1.25. The molecule has 0 spiro atoms. The third kappa shape index (κ3) is 3.27. The highest BCUT2D eigenvalue weighted by Gasteiger charge is 2.44. The predicted octanol–water partition coefficient (Wildman–Crippen LogP) is 1.88. The maximum absolute atomic E-state index is 11.5. The van der Waals surface area contributed by atoms with Crippen LogP contribution in [0.15, 0.2) is 24.3 Å². The summed E-state index contributed by atoms with van der Waals surface area (Å²) in [5, 5.41) is 13.4. The summed E-state index contributed by atoms with van der Waals surface area (Å²) in [6.07, 6.45) is 0. The molecule has 116 valence electrons. The van der Waals surface area contributed by atoms with Crippen molar-refractivity contribution in [3.63, 3.8) is 0 Å². The summed E-state index contributed by atoms with van der Waals surface area (Å²) in [4.78, 5) is 13.8. The minimum absolute atomic E-state index is 0.0643. The Morgan fingerprint density at radius 1 is 1.43 bits per heavy atom. The van der Waals surface area contributed by atoms with Crippen LogP contribution in [-0.2, 0) is 6.54 Å². The van der Waals surface area contributed by atoms with Gasteiger partial charge in [-0.05, 0) is 29.5 Å². The Bertz CT molecular complexity index is 498. The molecule has 0 radical (unpaired) electrons. The number of likely N-dealkylation sites (tertiary alicyclic amines) is 1. The number of β-amino-alcohol motifs (C(OH)–C–C–N with tert-alkyl or cyclic N) is 1. The average Bonchev–Trinajstić information content (AvgIpc) is 2.75. The smallest absolute Gasteiger partial charge is 0.251 e. The molecule has 1 aromatic rings. The van der Waals surface area contributed by atoms with Gasteiger partial charge in [0.2, 0.25) is 0 Å². The van der Waals surface area contributed by atoms with Gasteiger partial charge < -0.3 is 10.4 Å². The van der Waals surface area contributed by atoms with Crippen molar-refractivity contribution in [1.82, 2.24) is 10.2 Å². The van der Waals surface area contributed by atoms with Crippen molar-refractivity contribution in [2.75, 3.05) is 20.1 Å². The van der Waals surface area contributed by atoms with Crippen molar-refractivity contribution in [2.24, 2.45) is 11.8 Å². The Labute approximate surface area is 127 Å². The lowest BCUT2D eigenvalue weighted by Gasteiger charge is -2.31. The fourth-order valence-corrected chi connectivity index (χ4v) is 3.16. The highest BCUT2D eigenvalue weighted by molar-refractivity contribution is 5.93. The molecule has 0 aliphatic carbocycles. The summed E-state index contributed by atoms with van der Waals surface area (Å²) < 4.78 is 0. The number of aliphatic hydroxyl groups is 1. The maximum Gasteiger partial charge on any atom is 0.251 e.